The van der Waals surface area contributed by atoms with Gasteiger partial charge in [0.1, 0.15) is 5.75 Å². The van der Waals surface area contributed by atoms with Gasteiger partial charge in [0, 0.05) is 47.6 Å². The molecule has 1 amide bonds. The first-order valence-corrected chi connectivity index (χ1v) is 12.8. The van der Waals surface area contributed by atoms with Gasteiger partial charge in [-0.15, -0.1) is 0 Å². The lowest BCUT2D eigenvalue weighted by molar-refractivity contribution is -0.120. The summed E-state index contributed by atoms with van der Waals surface area (Å²) in [5.41, 5.74) is 2.85. The van der Waals surface area contributed by atoms with Crippen LogP contribution in [0.1, 0.15) is 24.8 Å². The number of halogens is 2. The molecular formula is C27H24F2N4O2S. The second kappa shape index (κ2) is 9.81. The van der Waals surface area contributed by atoms with Crippen molar-refractivity contribution in [2.75, 3.05) is 11.6 Å². The molecule has 1 N–H and O–H groups in total. The molecule has 184 valence electrons. The molecule has 0 spiro atoms. The number of carbonyl (C=O) groups is 1. The van der Waals surface area contributed by atoms with Crippen molar-refractivity contribution in [2.24, 2.45) is 5.92 Å². The summed E-state index contributed by atoms with van der Waals surface area (Å²) in [5.74, 6) is -2.88. The van der Waals surface area contributed by atoms with E-state index in [0.29, 0.717) is 28.2 Å². The first-order chi connectivity index (χ1) is 17.3. The van der Waals surface area contributed by atoms with Gasteiger partial charge in [0.15, 0.2) is 5.16 Å². The highest BCUT2D eigenvalue weighted by atomic mass is 32.2. The number of nitrogens with zero attached hydrogens (tertiary/aromatic N) is 3. The molecule has 1 unspecified atom stereocenters. The Balaban J connectivity index is 1.50. The van der Waals surface area contributed by atoms with Gasteiger partial charge in [-0.1, -0.05) is 36.0 Å². The summed E-state index contributed by atoms with van der Waals surface area (Å²) < 4.78 is 33.7. The fourth-order valence-electron chi connectivity index (χ4n) is 4.45. The van der Waals surface area contributed by atoms with E-state index in [9.17, 15) is 13.6 Å². The molecule has 1 aliphatic rings. The van der Waals surface area contributed by atoms with Gasteiger partial charge >= 0.3 is 0 Å². The maximum Gasteiger partial charge on any atom is 0.248 e. The Morgan fingerprint density at radius 3 is 2.72 bits per heavy atom. The number of hydrogen-bond acceptors (Lipinski definition) is 6. The molecule has 9 heteroatoms. The maximum atomic E-state index is 13.6. The SMILES string of the molecule is CSc1nccc(-c2cccnc2Oc2c(C)ccc3c(NC(=O)C4CCC(F)(F)C4)cccc23)n1. The number of nitrogens with one attached hydrogen (secondary N) is 1. The van der Waals surface area contributed by atoms with Gasteiger partial charge in [-0.25, -0.2) is 23.7 Å². The molecule has 0 bridgehead atoms. The molecule has 4 aromatic rings. The third kappa shape index (κ3) is 4.88. The largest absolute Gasteiger partial charge is 0.437 e. The van der Waals surface area contributed by atoms with E-state index >= 15 is 0 Å². The lowest BCUT2D eigenvalue weighted by Gasteiger charge is -2.17. The van der Waals surface area contributed by atoms with Crippen LogP contribution >= 0.6 is 11.8 Å². The zero-order valence-electron chi connectivity index (χ0n) is 19.8. The van der Waals surface area contributed by atoms with Crippen LogP contribution in [0.25, 0.3) is 22.0 Å². The van der Waals surface area contributed by atoms with Crippen LogP contribution in [0.4, 0.5) is 14.5 Å². The molecule has 1 saturated carbocycles. The van der Waals surface area contributed by atoms with Gasteiger partial charge in [-0.2, -0.15) is 0 Å². The van der Waals surface area contributed by atoms with E-state index in [4.69, 9.17) is 4.74 Å². The summed E-state index contributed by atoms with van der Waals surface area (Å²) in [5, 5.41) is 5.03. The quantitative estimate of drug-likeness (QED) is 0.227. The van der Waals surface area contributed by atoms with Gasteiger partial charge in [0.05, 0.1) is 11.3 Å². The maximum absolute atomic E-state index is 13.6. The molecule has 1 aliphatic carbocycles. The summed E-state index contributed by atoms with van der Waals surface area (Å²) >= 11 is 1.45. The van der Waals surface area contributed by atoms with Crippen molar-refractivity contribution < 1.29 is 18.3 Å². The van der Waals surface area contributed by atoms with Crippen molar-refractivity contribution in [1.82, 2.24) is 15.0 Å². The number of aromatic nitrogens is 3. The third-order valence-electron chi connectivity index (χ3n) is 6.30. The first kappa shape index (κ1) is 24.1. The molecule has 1 atom stereocenters. The molecule has 0 saturated heterocycles. The second-order valence-corrected chi connectivity index (χ2v) is 9.56. The lowest BCUT2D eigenvalue weighted by atomic mass is 10.0. The van der Waals surface area contributed by atoms with E-state index in [-0.39, 0.29) is 18.7 Å². The Hall–Kier alpha value is -3.59. The number of alkyl halides is 2. The van der Waals surface area contributed by atoms with E-state index in [0.717, 1.165) is 21.9 Å². The van der Waals surface area contributed by atoms with Gasteiger partial charge in [0.25, 0.3) is 0 Å². The summed E-state index contributed by atoms with van der Waals surface area (Å²) in [7, 11) is 0. The highest BCUT2D eigenvalue weighted by Crippen LogP contribution is 2.41. The lowest BCUT2D eigenvalue weighted by Crippen LogP contribution is -2.22. The molecule has 0 aliphatic heterocycles. The average molecular weight is 507 g/mol. The fourth-order valence-corrected chi connectivity index (χ4v) is 4.80. The van der Waals surface area contributed by atoms with Crippen molar-refractivity contribution in [2.45, 2.75) is 37.3 Å². The van der Waals surface area contributed by atoms with Gasteiger partial charge in [-0.05, 0) is 49.4 Å². The Kier molecular flexibility index (Phi) is 6.57. The molecule has 2 aromatic carbocycles. The number of fused-ring (bicyclic) bond motifs is 1. The summed E-state index contributed by atoms with van der Waals surface area (Å²) in [4.78, 5) is 26.0. The van der Waals surface area contributed by atoms with Gasteiger partial charge in [-0.3, -0.25) is 4.79 Å². The van der Waals surface area contributed by atoms with Crippen molar-refractivity contribution in [3.63, 3.8) is 0 Å². The van der Waals surface area contributed by atoms with Gasteiger partial charge in [0.2, 0.25) is 17.7 Å². The van der Waals surface area contributed by atoms with Crippen molar-refractivity contribution >= 4 is 34.1 Å². The van der Waals surface area contributed by atoms with E-state index in [1.54, 1.807) is 24.5 Å². The number of benzene rings is 2. The van der Waals surface area contributed by atoms with Crippen LogP contribution in [-0.4, -0.2) is 33.0 Å². The van der Waals surface area contributed by atoms with Crippen LogP contribution in [0.15, 0.2) is 66.1 Å². The van der Waals surface area contributed by atoms with Crippen LogP contribution < -0.4 is 10.1 Å². The summed E-state index contributed by atoms with van der Waals surface area (Å²) in [6, 6.07) is 14.8. The number of amides is 1. The van der Waals surface area contributed by atoms with E-state index in [1.165, 1.54) is 11.8 Å². The fraction of sp³-hybridized carbons (Fsp3) is 0.259. The normalized spacial score (nSPS) is 16.7. The molecule has 36 heavy (non-hydrogen) atoms. The topological polar surface area (TPSA) is 77.0 Å². The van der Waals surface area contributed by atoms with Crippen LogP contribution in [0.3, 0.4) is 0 Å². The number of hydrogen-bond donors (Lipinski definition) is 1. The minimum atomic E-state index is -2.78. The number of thioether (sulfide) groups is 1. The van der Waals surface area contributed by atoms with Crippen molar-refractivity contribution in [1.29, 1.82) is 0 Å². The molecule has 2 aromatic heterocycles. The minimum Gasteiger partial charge on any atom is -0.437 e. The second-order valence-electron chi connectivity index (χ2n) is 8.78. The minimum absolute atomic E-state index is 0.181. The van der Waals surface area contributed by atoms with Crippen molar-refractivity contribution in [3.8, 4) is 22.9 Å². The standard InChI is InChI=1S/C27H24F2N4O2S/c1-16-8-9-18-19(5-3-7-21(18)32-24(34)17-10-12-27(28,29)15-17)23(16)35-25-20(6-4-13-30-25)22-11-14-31-26(33-22)36-2/h3-9,11,13-14,17H,10,12,15H2,1-2H3,(H,32,34). The third-order valence-corrected chi connectivity index (χ3v) is 6.86. The predicted octanol–water partition coefficient (Wildman–Crippen LogP) is 6.89. The Labute approximate surface area is 211 Å². The number of aryl methyl sites for hydroxylation is 1. The zero-order valence-corrected chi connectivity index (χ0v) is 20.6. The van der Waals surface area contributed by atoms with Crippen LogP contribution in [0, 0.1) is 12.8 Å². The summed E-state index contributed by atoms with van der Waals surface area (Å²) in [6.07, 6.45) is 4.77. The smallest absolute Gasteiger partial charge is 0.248 e. The number of ether oxygens (including phenoxy) is 1. The highest BCUT2D eigenvalue weighted by molar-refractivity contribution is 7.98. The molecule has 2 heterocycles. The Morgan fingerprint density at radius 1 is 1.08 bits per heavy atom. The Bertz CT molecular complexity index is 1450. The number of anilines is 1. The molecule has 1 fully saturated rings. The molecule has 5 rings (SSSR count). The van der Waals surface area contributed by atoms with E-state index < -0.39 is 18.3 Å². The first-order valence-electron chi connectivity index (χ1n) is 11.6. The van der Waals surface area contributed by atoms with Crippen LogP contribution in [0.5, 0.6) is 11.6 Å². The van der Waals surface area contributed by atoms with Crippen molar-refractivity contribution in [3.05, 3.63) is 66.5 Å². The molecule has 0 radical (unpaired) electrons. The monoisotopic (exact) mass is 506 g/mol. The molecule has 6 nitrogen and oxygen atoms in total. The molecular weight excluding hydrogens is 482 g/mol. The average Bonchev–Trinajstić information content (AvgIpc) is 3.26. The zero-order chi connectivity index (χ0) is 25.3. The Morgan fingerprint density at radius 2 is 1.94 bits per heavy atom. The van der Waals surface area contributed by atoms with E-state index in [1.807, 2.05) is 49.6 Å². The predicted molar refractivity (Wildman–Crippen MR) is 137 cm³/mol. The number of pyridine rings is 1. The number of carbonyl (C=O) groups excluding carboxylic acids is 1. The van der Waals surface area contributed by atoms with Gasteiger partial charge < -0.3 is 10.1 Å². The summed E-state index contributed by atoms with van der Waals surface area (Å²) in [6.45, 7) is 1.93. The van der Waals surface area contributed by atoms with Crippen LogP contribution in [-0.2, 0) is 4.79 Å². The highest BCUT2D eigenvalue weighted by Gasteiger charge is 2.42. The number of rotatable bonds is 6. The van der Waals surface area contributed by atoms with E-state index in [2.05, 4.69) is 20.3 Å². The van der Waals surface area contributed by atoms with Crippen LogP contribution in [0.2, 0.25) is 0 Å².